The van der Waals surface area contributed by atoms with Crippen molar-refractivity contribution in [1.82, 2.24) is 0 Å². The minimum Gasteiger partial charge on any atom is -0.492 e. The van der Waals surface area contributed by atoms with Crippen molar-refractivity contribution >= 4 is 33.5 Å². The minimum absolute atomic E-state index is 0.0215. The quantitative estimate of drug-likeness (QED) is 0.0484. The molecule has 6 nitrogen and oxygen atoms in total. The number of fused-ring (bicyclic) bond motifs is 2. The number of benzene rings is 3. The van der Waals surface area contributed by atoms with Crippen LogP contribution < -0.4 is 9.47 Å². The fourth-order valence-electron chi connectivity index (χ4n) is 6.22. The molecule has 0 aliphatic rings. The van der Waals surface area contributed by atoms with Gasteiger partial charge in [-0.05, 0) is 53.4 Å². The molecular weight excluding hydrogens is 600 g/mol. The van der Waals surface area contributed by atoms with E-state index in [4.69, 9.17) is 18.9 Å². The Balaban J connectivity index is 1.37. The lowest BCUT2D eigenvalue weighted by atomic mass is 10.0. The highest BCUT2D eigenvalue weighted by molar-refractivity contribution is 6.11. The van der Waals surface area contributed by atoms with E-state index in [2.05, 4.69) is 48.5 Å². The van der Waals surface area contributed by atoms with Crippen molar-refractivity contribution in [2.45, 2.75) is 155 Å². The number of unbranched alkanes of at least 4 members (excludes halogenated alkanes) is 14. The van der Waals surface area contributed by atoms with Crippen molar-refractivity contribution in [2.24, 2.45) is 0 Å². The molecule has 266 valence electrons. The Bertz CT molecular complexity index is 1190. The highest BCUT2D eigenvalue weighted by atomic mass is 16.5. The van der Waals surface area contributed by atoms with Crippen LogP contribution in [0.2, 0.25) is 0 Å². The highest BCUT2D eigenvalue weighted by Gasteiger charge is 2.16. The smallest absolute Gasteiger partial charge is 0.306 e. The molecular formula is C42H62O6. The first-order valence-electron chi connectivity index (χ1n) is 18.9. The average molecular weight is 663 g/mol. The number of ether oxygens (including phenoxy) is 4. The van der Waals surface area contributed by atoms with Gasteiger partial charge in [-0.25, -0.2) is 0 Å². The van der Waals surface area contributed by atoms with Crippen molar-refractivity contribution < 1.29 is 28.5 Å². The van der Waals surface area contributed by atoms with Crippen LogP contribution in [0.3, 0.4) is 0 Å². The number of carbonyl (C=O) groups excluding carboxylic acids is 2. The van der Waals surface area contributed by atoms with Crippen molar-refractivity contribution in [3.63, 3.8) is 0 Å². The molecule has 0 N–H and O–H groups in total. The van der Waals surface area contributed by atoms with E-state index in [0.29, 0.717) is 26.1 Å². The van der Waals surface area contributed by atoms with Crippen molar-refractivity contribution in [2.75, 3.05) is 13.2 Å². The van der Waals surface area contributed by atoms with Crippen LogP contribution in [0, 0.1) is 0 Å². The molecule has 3 rings (SSSR count). The van der Waals surface area contributed by atoms with Gasteiger partial charge < -0.3 is 18.9 Å². The summed E-state index contributed by atoms with van der Waals surface area (Å²) in [6.45, 7) is 8.99. The third-order valence-corrected chi connectivity index (χ3v) is 8.61. The molecule has 0 aliphatic heterocycles. The van der Waals surface area contributed by atoms with E-state index >= 15 is 0 Å². The molecule has 0 saturated carbocycles. The zero-order valence-electron chi connectivity index (χ0n) is 30.4. The van der Waals surface area contributed by atoms with E-state index in [0.717, 1.165) is 84.4 Å². The molecule has 0 saturated heterocycles. The first-order chi connectivity index (χ1) is 23.4. The fraction of sp³-hybridized carbons (Fsp3) is 0.619. The second-order valence-corrected chi connectivity index (χ2v) is 13.7. The van der Waals surface area contributed by atoms with Crippen LogP contribution in [-0.2, 0) is 19.1 Å². The topological polar surface area (TPSA) is 71.1 Å². The van der Waals surface area contributed by atoms with Gasteiger partial charge in [-0.15, -0.1) is 0 Å². The van der Waals surface area contributed by atoms with Crippen LogP contribution >= 0.6 is 0 Å². The van der Waals surface area contributed by atoms with Crippen molar-refractivity contribution in [3.8, 4) is 11.5 Å². The van der Waals surface area contributed by atoms with Crippen molar-refractivity contribution in [3.05, 3.63) is 48.5 Å². The lowest BCUT2D eigenvalue weighted by Crippen LogP contribution is -2.10. The Morgan fingerprint density at radius 3 is 1.00 bits per heavy atom. The van der Waals surface area contributed by atoms with Crippen LogP contribution in [0.5, 0.6) is 11.5 Å². The maximum absolute atomic E-state index is 11.6. The lowest BCUT2D eigenvalue weighted by Gasteiger charge is -2.18. The van der Waals surface area contributed by atoms with Gasteiger partial charge >= 0.3 is 11.9 Å². The van der Waals surface area contributed by atoms with Gasteiger partial charge in [-0.2, -0.15) is 0 Å². The summed E-state index contributed by atoms with van der Waals surface area (Å²) in [5, 5.41) is 4.45. The van der Waals surface area contributed by atoms with Crippen LogP contribution in [0.15, 0.2) is 48.5 Å². The van der Waals surface area contributed by atoms with Gasteiger partial charge in [0.1, 0.15) is 11.5 Å². The van der Waals surface area contributed by atoms with Crippen molar-refractivity contribution in [1.29, 1.82) is 0 Å². The Morgan fingerprint density at radius 2 is 0.708 bits per heavy atom. The molecule has 0 atom stereocenters. The van der Waals surface area contributed by atoms with E-state index in [1.165, 1.54) is 51.4 Å². The molecule has 0 heterocycles. The minimum atomic E-state index is -0.0716. The molecule has 0 radical (unpaired) electrons. The lowest BCUT2D eigenvalue weighted by molar-refractivity contribution is -0.148. The molecule has 0 aliphatic carbocycles. The molecule has 0 spiro atoms. The first-order valence-corrected chi connectivity index (χ1v) is 18.9. The number of hydrogen-bond acceptors (Lipinski definition) is 6. The van der Waals surface area contributed by atoms with Gasteiger partial charge in [0, 0.05) is 34.4 Å². The second-order valence-electron chi connectivity index (χ2n) is 13.7. The summed E-state index contributed by atoms with van der Waals surface area (Å²) in [5.41, 5.74) is 0. The van der Waals surface area contributed by atoms with E-state index in [-0.39, 0.29) is 24.1 Å². The predicted octanol–water partition coefficient (Wildman–Crippen LogP) is 11.7. The Kier molecular flexibility index (Phi) is 18.9. The van der Waals surface area contributed by atoms with Crippen LogP contribution in [-0.4, -0.2) is 37.4 Å². The molecule has 3 aromatic carbocycles. The summed E-state index contributed by atoms with van der Waals surface area (Å²) in [4.78, 5) is 23.3. The van der Waals surface area contributed by atoms with Gasteiger partial charge in [0.05, 0.1) is 25.4 Å². The largest absolute Gasteiger partial charge is 0.492 e. The zero-order chi connectivity index (χ0) is 34.4. The Hall–Kier alpha value is -3.28. The standard InChI is InChI=1S/C42H62O6/c1-33(2)47-39(43)29-17-13-9-5-7-11-15-23-31-45-41-35-25-19-21-27-37(35)42(38-28-22-20-26-36(38)41)46-32-24-16-12-8-6-10-14-18-30-40(44)48-34(3)4/h19-22,25-28,33-34H,5-18,23-24,29-32H2,1-4H3. The fourth-order valence-corrected chi connectivity index (χ4v) is 6.22. The van der Waals surface area contributed by atoms with E-state index in [1.807, 2.05) is 27.7 Å². The average Bonchev–Trinajstić information content (AvgIpc) is 3.05. The van der Waals surface area contributed by atoms with Gasteiger partial charge in [-0.1, -0.05) is 126 Å². The predicted molar refractivity (Wildman–Crippen MR) is 198 cm³/mol. The third kappa shape index (κ3) is 14.9. The van der Waals surface area contributed by atoms with Gasteiger partial charge in [0.25, 0.3) is 0 Å². The van der Waals surface area contributed by atoms with Gasteiger partial charge in [0.2, 0.25) is 0 Å². The maximum atomic E-state index is 11.6. The summed E-state index contributed by atoms with van der Waals surface area (Å²) >= 11 is 0. The SMILES string of the molecule is CC(C)OC(=O)CCCCCCCCCCOc1c2ccccc2c(OCCCCCCCCCCC(=O)OC(C)C)c2ccccc12. The first kappa shape index (κ1) is 39.2. The summed E-state index contributed by atoms with van der Waals surface area (Å²) < 4.78 is 23.4. The molecule has 0 amide bonds. The van der Waals surface area contributed by atoms with Crippen LogP contribution in [0.4, 0.5) is 0 Å². The third-order valence-electron chi connectivity index (χ3n) is 8.61. The molecule has 3 aromatic rings. The molecule has 6 heteroatoms. The Morgan fingerprint density at radius 1 is 0.438 bits per heavy atom. The van der Waals surface area contributed by atoms with Crippen LogP contribution in [0.25, 0.3) is 21.5 Å². The monoisotopic (exact) mass is 662 g/mol. The normalized spacial score (nSPS) is 11.5. The summed E-state index contributed by atoms with van der Waals surface area (Å²) in [5.74, 6) is 1.78. The number of rotatable bonds is 26. The number of carbonyl (C=O) groups is 2. The Labute approximate surface area is 290 Å². The highest BCUT2D eigenvalue weighted by Crippen LogP contribution is 2.42. The zero-order valence-corrected chi connectivity index (χ0v) is 30.4. The van der Waals surface area contributed by atoms with Crippen LogP contribution in [0.1, 0.15) is 143 Å². The summed E-state index contributed by atoms with van der Waals surface area (Å²) in [6, 6.07) is 16.9. The van der Waals surface area contributed by atoms with Gasteiger partial charge in [-0.3, -0.25) is 9.59 Å². The van der Waals surface area contributed by atoms with E-state index in [1.54, 1.807) is 0 Å². The number of esters is 2. The molecule has 0 bridgehead atoms. The molecule has 0 aromatic heterocycles. The second kappa shape index (κ2) is 23.1. The van der Waals surface area contributed by atoms with E-state index < -0.39 is 0 Å². The summed E-state index contributed by atoms with van der Waals surface area (Å²) in [7, 11) is 0. The maximum Gasteiger partial charge on any atom is 0.306 e. The molecule has 48 heavy (non-hydrogen) atoms. The summed E-state index contributed by atoms with van der Waals surface area (Å²) in [6.07, 6.45) is 19.1. The molecule has 0 unspecified atom stereocenters. The van der Waals surface area contributed by atoms with Gasteiger partial charge in [0.15, 0.2) is 0 Å². The number of hydrogen-bond donors (Lipinski definition) is 0. The molecule has 0 fully saturated rings. The van der Waals surface area contributed by atoms with E-state index in [9.17, 15) is 9.59 Å².